The summed E-state index contributed by atoms with van der Waals surface area (Å²) in [5.41, 5.74) is -0.116. The summed E-state index contributed by atoms with van der Waals surface area (Å²) < 4.78 is 68.0. The van der Waals surface area contributed by atoms with Crippen molar-refractivity contribution in [2.45, 2.75) is 18.4 Å². The SMILES string of the molecule is CN(C#N)C(=O)C(CS(=O)(=O)Cc1ccccc1OC(F)F)NC(=O)c1ccc(F)cc1. The Morgan fingerprint density at radius 1 is 1.16 bits per heavy atom. The highest BCUT2D eigenvalue weighted by Crippen LogP contribution is 2.23. The maximum absolute atomic E-state index is 13.1. The molecule has 2 amide bonds. The molecule has 12 heteroatoms. The van der Waals surface area contributed by atoms with Crippen LogP contribution in [0.1, 0.15) is 15.9 Å². The minimum Gasteiger partial charge on any atom is -0.435 e. The van der Waals surface area contributed by atoms with Gasteiger partial charge >= 0.3 is 6.61 Å². The third kappa shape index (κ3) is 6.98. The molecule has 170 valence electrons. The van der Waals surface area contributed by atoms with Crippen molar-refractivity contribution in [3.63, 3.8) is 0 Å². The van der Waals surface area contributed by atoms with Crippen LogP contribution in [0.15, 0.2) is 48.5 Å². The Kier molecular flexibility index (Phi) is 8.20. The minimum atomic E-state index is -4.17. The molecule has 1 unspecified atom stereocenters. The summed E-state index contributed by atoms with van der Waals surface area (Å²) in [5.74, 6) is -4.52. The van der Waals surface area contributed by atoms with Crippen molar-refractivity contribution >= 4 is 21.7 Å². The van der Waals surface area contributed by atoms with E-state index in [1.165, 1.54) is 30.5 Å². The van der Waals surface area contributed by atoms with E-state index < -0.39 is 51.6 Å². The predicted octanol–water partition coefficient (Wildman–Crippen LogP) is 2.08. The lowest BCUT2D eigenvalue weighted by Gasteiger charge is -2.20. The largest absolute Gasteiger partial charge is 0.435 e. The summed E-state index contributed by atoms with van der Waals surface area (Å²) >= 11 is 0. The van der Waals surface area contributed by atoms with Crippen LogP contribution < -0.4 is 10.1 Å². The number of likely N-dealkylation sites (N-methyl/N-ethyl adjacent to an activating group) is 1. The first kappa shape index (κ1) is 24.7. The molecule has 0 heterocycles. The van der Waals surface area contributed by atoms with Crippen LogP contribution in [0.5, 0.6) is 5.75 Å². The van der Waals surface area contributed by atoms with Gasteiger partial charge in [-0.3, -0.25) is 14.5 Å². The number of benzene rings is 2. The number of alkyl halides is 2. The molecule has 0 aliphatic heterocycles. The molecular formula is C20H18F3N3O5S. The van der Waals surface area contributed by atoms with E-state index in [1.807, 2.05) is 0 Å². The quantitative estimate of drug-likeness (QED) is 0.444. The van der Waals surface area contributed by atoms with Gasteiger partial charge in [-0.05, 0) is 30.3 Å². The van der Waals surface area contributed by atoms with Gasteiger partial charge in [0.25, 0.3) is 11.8 Å². The summed E-state index contributed by atoms with van der Waals surface area (Å²) in [4.78, 5) is 25.4. The molecule has 0 radical (unpaired) electrons. The normalized spacial score (nSPS) is 12.0. The predicted molar refractivity (Wildman–Crippen MR) is 107 cm³/mol. The standard InChI is InChI=1S/C20H18F3N3O5S/c1-26(12-24)19(28)16(25-18(27)13-6-8-15(21)9-7-13)11-32(29,30)10-14-4-2-3-5-17(14)31-20(22)23/h2-9,16,20H,10-11H2,1H3,(H,25,27). The minimum absolute atomic E-state index is 0.0445. The van der Waals surface area contributed by atoms with Gasteiger partial charge in [0.2, 0.25) is 0 Å². The molecule has 0 bridgehead atoms. The second-order valence-electron chi connectivity index (χ2n) is 6.57. The van der Waals surface area contributed by atoms with E-state index in [-0.39, 0.29) is 16.9 Å². The molecule has 0 aliphatic carbocycles. The number of sulfone groups is 1. The van der Waals surface area contributed by atoms with Crippen molar-refractivity contribution < 1.29 is 35.9 Å². The number of ether oxygens (including phenoxy) is 1. The van der Waals surface area contributed by atoms with Crippen molar-refractivity contribution in [1.82, 2.24) is 10.2 Å². The third-order valence-corrected chi connectivity index (χ3v) is 5.77. The number of nitriles is 1. The number of nitrogens with zero attached hydrogens (tertiary/aromatic N) is 2. The highest BCUT2D eigenvalue weighted by Gasteiger charge is 2.30. The van der Waals surface area contributed by atoms with E-state index in [9.17, 15) is 31.2 Å². The number of rotatable bonds is 9. The van der Waals surface area contributed by atoms with E-state index >= 15 is 0 Å². The van der Waals surface area contributed by atoms with Gasteiger partial charge in [0, 0.05) is 18.2 Å². The molecule has 0 fully saturated rings. The molecule has 0 aliphatic rings. The molecule has 0 saturated heterocycles. The van der Waals surface area contributed by atoms with E-state index in [2.05, 4.69) is 10.1 Å². The van der Waals surface area contributed by atoms with E-state index in [4.69, 9.17) is 5.26 Å². The van der Waals surface area contributed by atoms with Gasteiger partial charge in [-0.15, -0.1) is 0 Å². The molecule has 2 aromatic carbocycles. The molecule has 0 saturated carbocycles. The van der Waals surface area contributed by atoms with E-state index in [1.54, 1.807) is 0 Å². The Morgan fingerprint density at radius 3 is 2.38 bits per heavy atom. The second kappa shape index (κ2) is 10.6. The molecule has 1 N–H and O–H groups in total. The maximum atomic E-state index is 13.1. The Labute approximate surface area is 182 Å². The van der Waals surface area contributed by atoms with Crippen LogP contribution in [0.2, 0.25) is 0 Å². The van der Waals surface area contributed by atoms with E-state index in [0.29, 0.717) is 4.90 Å². The Hall–Kier alpha value is -3.59. The van der Waals surface area contributed by atoms with Crippen molar-refractivity contribution in [3.05, 3.63) is 65.5 Å². The first-order valence-corrected chi connectivity index (χ1v) is 10.8. The number of carbonyl (C=O) groups excluding carboxylic acids is 2. The second-order valence-corrected chi connectivity index (χ2v) is 8.68. The summed E-state index contributed by atoms with van der Waals surface area (Å²) in [6.07, 6.45) is 1.52. The van der Waals surface area contributed by atoms with Crippen LogP contribution in [0, 0.1) is 17.3 Å². The number of para-hydroxylation sites is 1. The maximum Gasteiger partial charge on any atom is 0.387 e. The van der Waals surface area contributed by atoms with Crippen LogP contribution in [-0.4, -0.2) is 50.6 Å². The van der Waals surface area contributed by atoms with Gasteiger partial charge in [0.1, 0.15) is 17.6 Å². The number of hydrogen-bond acceptors (Lipinski definition) is 6. The summed E-state index contributed by atoms with van der Waals surface area (Å²) in [7, 11) is -3.09. The van der Waals surface area contributed by atoms with Crippen LogP contribution in [-0.2, 0) is 20.4 Å². The lowest BCUT2D eigenvalue weighted by Crippen LogP contribution is -2.50. The fourth-order valence-corrected chi connectivity index (χ4v) is 4.25. The smallest absolute Gasteiger partial charge is 0.387 e. The molecule has 2 aromatic rings. The number of amides is 2. The van der Waals surface area contributed by atoms with Gasteiger partial charge in [0.15, 0.2) is 16.0 Å². The average Bonchev–Trinajstić information content (AvgIpc) is 2.73. The van der Waals surface area contributed by atoms with Crippen LogP contribution in [0.3, 0.4) is 0 Å². The van der Waals surface area contributed by atoms with Gasteiger partial charge < -0.3 is 10.1 Å². The summed E-state index contributed by atoms with van der Waals surface area (Å²) in [6.45, 7) is -3.17. The number of halogens is 3. The molecule has 1 atom stereocenters. The number of hydrogen-bond donors (Lipinski definition) is 1. The zero-order chi connectivity index (χ0) is 23.9. The van der Waals surface area contributed by atoms with Gasteiger partial charge in [-0.2, -0.15) is 14.0 Å². The Morgan fingerprint density at radius 2 is 1.78 bits per heavy atom. The fraction of sp³-hybridized carbons (Fsp3) is 0.250. The molecular weight excluding hydrogens is 451 g/mol. The van der Waals surface area contributed by atoms with E-state index in [0.717, 1.165) is 31.3 Å². The van der Waals surface area contributed by atoms with Crippen molar-refractivity contribution in [2.24, 2.45) is 0 Å². The van der Waals surface area contributed by atoms with Crippen LogP contribution in [0.4, 0.5) is 13.2 Å². The molecule has 0 spiro atoms. The van der Waals surface area contributed by atoms with Gasteiger partial charge in [0.05, 0.1) is 11.5 Å². The van der Waals surface area contributed by atoms with Crippen LogP contribution >= 0.6 is 0 Å². The highest BCUT2D eigenvalue weighted by atomic mass is 32.2. The van der Waals surface area contributed by atoms with Gasteiger partial charge in [-0.25, -0.2) is 12.8 Å². The first-order chi connectivity index (χ1) is 15.0. The topological polar surface area (TPSA) is 117 Å². The fourth-order valence-electron chi connectivity index (χ4n) is 2.68. The molecule has 8 nitrogen and oxygen atoms in total. The average molecular weight is 469 g/mol. The highest BCUT2D eigenvalue weighted by molar-refractivity contribution is 7.90. The Bertz CT molecular complexity index is 1120. The zero-order valence-electron chi connectivity index (χ0n) is 16.7. The zero-order valence-corrected chi connectivity index (χ0v) is 17.5. The summed E-state index contributed by atoms with van der Waals surface area (Å²) in [5, 5.41) is 11.2. The molecule has 2 rings (SSSR count). The Balaban J connectivity index is 2.26. The first-order valence-electron chi connectivity index (χ1n) is 8.99. The van der Waals surface area contributed by atoms with Crippen molar-refractivity contribution in [1.29, 1.82) is 5.26 Å². The monoisotopic (exact) mass is 469 g/mol. The summed E-state index contributed by atoms with van der Waals surface area (Å²) in [6, 6.07) is 7.85. The lowest BCUT2D eigenvalue weighted by molar-refractivity contribution is -0.128. The molecule has 32 heavy (non-hydrogen) atoms. The van der Waals surface area contributed by atoms with Crippen molar-refractivity contribution in [2.75, 3.05) is 12.8 Å². The molecule has 0 aromatic heterocycles. The number of nitrogens with one attached hydrogen (secondary N) is 1. The third-order valence-electron chi connectivity index (χ3n) is 4.18. The van der Waals surface area contributed by atoms with Crippen molar-refractivity contribution in [3.8, 4) is 11.9 Å². The lowest BCUT2D eigenvalue weighted by atomic mass is 10.2. The number of carbonyl (C=O) groups is 2. The van der Waals surface area contributed by atoms with Gasteiger partial charge in [-0.1, -0.05) is 18.2 Å². The van der Waals surface area contributed by atoms with Crippen LogP contribution in [0.25, 0.3) is 0 Å².